The van der Waals surface area contributed by atoms with Gasteiger partial charge in [0.25, 0.3) is 0 Å². The zero-order valence-electron chi connectivity index (χ0n) is 10.6. The third kappa shape index (κ3) is 8.31. The van der Waals surface area contributed by atoms with Crippen molar-refractivity contribution in [3.8, 4) is 0 Å². The largest absolute Gasteiger partial charge is 0.306 e. The molecule has 0 fully saturated rings. The first-order valence-electron chi connectivity index (χ1n) is 5.90. The van der Waals surface area contributed by atoms with Crippen molar-refractivity contribution in [3.05, 3.63) is 11.6 Å². The van der Waals surface area contributed by atoms with Crippen LogP contribution in [0, 0.1) is 5.92 Å². The Balaban J connectivity index is 3.61. The molecule has 1 nitrogen and oxygen atoms in total. The normalized spacial score (nSPS) is 12.9. The Morgan fingerprint density at radius 2 is 1.93 bits per heavy atom. The van der Waals surface area contributed by atoms with Crippen molar-refractivity contribution in [1.82, 2.24) is 4.90 Å². The summed E-state index contributed by atoms with van der Waals surface area (Å²) in [7, 11) is 2.21. The van der Waals surface area contributed by atoms with Crippen molar-refractivity contribution < 1.29 is 0 Å². The Morgan fingerprint density at radius 1 is 1.29 bits per heavy atom. The molecule has 0 atom stereocenters. The van der Waals surface area contributed by atoms with Gasteiger partial charge >= 0.3 is 0 Å². The Kier molecular flexibility index (Phi) is 7.87. The van der Waals surface area contributed by atoms with Crippen LogP contribution in [-0.4, -0.2) is 25.0 Å². The molecule has 0 radical (unpaired) electrons. The highest BCUT2D eigenvalue weighted by molar-refractivity contribution is 4.98. The van der Waals surface area contributed by atoms with Gasteiger partial charge in [-0.1, -0.05) is 32.4 Å². The van der Waals surface area contributed by atoms with Gasteiger partial charge in [-0.2, -0.15) is 0 Å². The summed E-state index contributed by atoms with van der Waals surface area (Å²) in [6.07, 6.45) is 6.10. The quantitative estimate of drug-likeness (QED) is 0.562. The van der Waals surface area contributed by atoms with Crippen LogP contribution in [0.1, 0.15) is 47.0 Å². The van der Waals surface area contributed by atoms with Crippen molar-refractivity contribution in [3.63, 3.8) is 0 Å². The fourth-order valence-corrected chi connectivity index (χ4v) is 1.40. The highest BCUT2D eigenvalue weighted by Crippen LogP contribution is 2.07. The van der Waals surface area contributed by atoms with E-state index >= 15 is 0 Å². The molecule has 1 heteroatoms. The zero-order chi connectivity index (χ0) is 11.0. The molecule has 0 heterocycles. The molecule has 0 aliphatic carbocycles. The minimum Gasteiger partial charge on any atom is -0.306 e. The van der Waals surface area contributed by atoms with E-state index in [4.69, 9.17) is 0 Å². The Morgan fingerprint density at radius 3 is 2.43 bits per heavy atom. The first-order chi connectivity index (χ1) is 6.56. The number of hydrogen-bond donors (Lipinski definition) is 0. The number of nitrogens with zero attached hydrogens (tertiary/aromatic N) is 1. The van der Waals surface area contributed by atoms with Crippen LogP contribution in [0.25, 0.3) is 0 Å². The van der Waals surface area contributed by atoms with E-state index in [1.807, 2.05) is 0 Å². The molecule has 0 aromatic carbocycles. The summed E-state index contributed by atoms with van der Waals surface area (Å²) in [5.41, 5.74) is 1.54. The number of hydrogen-bond acceptors (Lipinski definition) is 1. The summed E-state index contributed by atoms with van der Waals surface area (Å²) >= 11 is 0. The van der Waals surface area contributed by atoms with Crippen LogP contribution < -0.4 is 0 Å². The smallest absolute Gasteiger partial charge is 0.00154 e. The lowest BCUT2D eigenvalue weighted by Gasteiger charge is -2.15. The lowest BCUT2D eigenvalue weighted by molar-refractivity contribution is 0.338. The van der Waals surface area contributed by atoms with Gasteiger partial charge in [0.2, 0.25) is 0 Å². The summed E-state index contributed by atoms with van der Waals surface area (Å²) in [5, 5.41) is 0. The van der Waals surface area contributed by atoms with Crippen LogP contribution >= 0.6 is 0 Å². The maximum Gasteiger partial charge on any atom is 0.00154 e. The molecule has 0 spiro atoms. The van der Waals surface area contributed by atoms with E-state index in [0.717, 1.165) is 5.92 Å². The topological polar surface area (TPSA) is 3.24 Å². The van der Waals surface area contributed by atoms with Gasteiger partial charge < -0.3 is 4.90 Å². The van der Waals surface area contributed by atoms with Crippen LogP contribution in [0.3, 0.4) is 0 Å². The molecule has 0 saturated carbocycles. The highest BCUT2D eigenvalue weighted by atomic mass is 15.1. The molecule has 0 aromatic rings. The van der Waals surface area contributed by atoms with Gasteiger partial charge in [0, 0.05) is 6.54 Å². The summed E-state index contributed by atoms with van der Waals surface area (Å²) in [6, 6.07) is 0. The summed E-state index contributed by atoms with van der Waals surface area (Å²) in [6.45, 7) is 11.5. The van der Waals surface area contributed by atoms with Gasteiger partial charge in [-0.15, -0.1) is 0 Å². The highest BCUT2D eigenvalue weighted by Gasteiger charge is 1.97. The molecule has 0 unspecified atom stereocenters. The second-order valence-corrected chi connectivity index (χ2v) is 4.73. The van der Waals surface area contributed by atoms with Crippen molar-refractivity contribution >= 4 is 0 Å². The van der Waals surface area contributed by atoms with E-state index in [0.29, 0.717) is 0 Å². The predicted molar refractivity (Wildman–Crippen MR) is 65.6 cm³/mol. The molecular weight excluding hydrogens is 170 g/mol. The number of rotatable bonds is 7. The van der Waals surface area contributed by atoms with Crippen LogP contribution in [0.15, 0.2) is 11.6 Å². The summed E-state index contributed by atoms with van der Waals surface area (Å²) in [4.78, 5) is 2.41. The Bertz CT molecular complexity index is 159. The molecular formula is C13H27N. The molecule has 0 aliphatic rings. The first kappa shape index (κ1) is 13.7. The van der Waals surface area contributed by atoms with Crippen molar-refractivity contribution in [1.29, 1.82) is 0 Å². The SMILES string of the molecule is CCCN(C)CC/C(C)=C\CC(C)C. The van der Waals surface area contributed by atoms with Gasteiger partial charge in [0.1, 0.15) is 0 Å². The van der Waals surface area contributed by atoms with E-state index in [-0.39, 0.29) is 0 Å². The van der Waals surface area contributed by atoms with Crippen LogP contribution in [0.4, 0.5) is 0 Å². The van der Waals surface area contributed by atoms with Gasteiger partial charge in [-0.25, -0.2) is 0 Å². The van der Waals surface area contributed by atoms with Crippen molar-refractivity contribution in [2.24, 2.45) is 5.92 Å². The van der Waals surface area contributed by atoms with Gasteiger partial charge in [-0.05, 0) is 45.7 Å². The lowest BCUT2D eigenvalue weighted by Crippen LogP contribution is -2.20. The molecule has 0 N–H and O–H groups in total. The fourth-order valence-electron chi connectivity index (χ4n) is 1.40. The lowest BCUT2D eigenvalue weighted by atomic mass is 10.1. The molecule has 0 aromatic heterocycles. The molecule has 0 aliphatic heterocycles. The fraction of sp³-hybridized carbons (Fsp3) is 0.846. The number of allylic oxidation sites excluding steroid dienone is 1. The Hall–Kier alpha value is -0.300. The monoisotopic (exact) mass is 197 g/mol. The van der Waals surface area contributed by atoms with Crippen molar-refractivity contribution in [2.75, 3.05) is 20.1 Å². The van der Waals surface area contributed by atoms with Crippen molar-refractivity contribution in [2.45, 2.75) is 47.0 Å². The Labute approximate surface area is 90.2 Å². The molecule has 0 rings (SSSR count). The zero-order valence-corrected chi connectivity index (χ0v) is 10.6. The van der Waals surface area contributed by atoms with Crippen LogP contribution in [0.2, 0.25) is 0 Å². The maximum atomic E-state index is 2.41. The van der Waals surface area contributed by atoms with E-state index in [1.54, 1.807) is 5.57 Å². The second-order valence-electron chi connectivity index (χ2n) is 4.73. The summed E-state index contributed by atoms with van der Waals surface area (Å²) in [5.74, 6) is 0.790. The molecule has 0 bridgehead atoms. The van der Waals surface area contributed by atoms with Gasteiger partial charge in [-0.3, -0.25) is 0 Å². The minimum absolute atomic E-state index is 0.790. The van der Waals surface area contributed by atoms with E-state index in [9.17, 15) is 0 Å². The molecule has 14 heavy (non-hydrogen) atoms. The van der Waals surface area contributed by atoms with Gasteiger partial charge in [0.15, 0.2) is 0 Å². The third-order valence-electron chi connectivity index (χ3n) is 2.43. The van der Waals surface area contributed by atoms with Crippen LogP contribution in [-0.2, 0) is 0 Å². The molecule has 84 valence electrons. The van der Waals surface area contributed by atoms with Crippen LogP contribution in [0.5, 0.6) is 0 Å². The first-order valence-corrected chi connectivity index (χ1v) is 5.90. The molecule has 0 saturated heterocycles. The average Bonchev–Trinajstić information content (AvgIpc) is 2.12. The summed E-state index contributed by atoms with van der Waals surface area (Å²) < 4.78 is 0. The van der Waals surface area contributed by atoms with E-state index in [1.165, 1.54) is 32.4 Å². The maximum absolute atomic E-state index is 2.41. The third-order valence-corrected chi connectivity index (χ3v) is 2.43. The predicted octanol–water partition coefficient (Wildman–Crippen LogP) is 3.71. The minimum atomic E-state index is 0.790. The van der Waals surface area contributed by atoms with Gasteiger partial charge in [0.05, 0.1) is 0 Å². The van der Waals surface area contributed by atoms with E-state index in [2.05, 4.69) is 45.7 Å². The second kappa shape index (κ2) is 8.05. The molecule has 0 amide bonds. The standard InChI is InChI=1S/C13H27N/c1-6-10-14(5)11-9-13(4)8-7-12(2)3/h8,12H,6-7,9-11H2,1-5H3/b13-8-. The average molecular weight is 197 g/mol. The van der Waals surface area contributed by atoms with E-state index < -0.39 is 0 Å².